The Morgan fingerprint density at radius 2 is 0.682 bits per heavy atom. The van der Waals surface area contributed by atoms with Gasteiger partial charge in [-0.1, -0.05) is 146 Å². The minimum Gasteiger partial charge on any atom is -0.456 e. The first-order chi connectivity index (χ1) is 32.7. The largest absolute Gasteiger partial charge is 0.456 e. The summed E-state index contributed by atoms with van der Waals surface area (Å²) < 4.78 is 19.4. The fourth-order valence-electron chi connectivity index (χ4n) is 10.3. The van der Waals surface area contributed by atoms with Crippen LogP contribution in [0.3, 0.4) is 0 Å². The molecule has 4 heteroatoms. The molecule has 14 aromatic rings. The third-order valence-electron chi connectivity index (χ3n) is 13.5. The van der Waals surface area contributed by atoms with Gasteiger partial charge in [-0.3, -0.25) is 0 Å². The highest BCUT2D eigenvalue weighted by Gasteiger charge is 2.19. The van der Waals surface area contributed by atoms with Crippen molar-refractivity contribution in [3.63, 3.8) is 0 Å². The van der Waals surface area contributed by atoms with E-state index in [1.807, 2.05) is 12.1 Å². The van der Waals surface area contributed by atoms with Crippen LogP contribution < -0.4 is 4.90 Å². The molecule has 308 valence electrons. The Morgan fingerprint density at radius 1 is 0.258 bits per heavy atom. The van der Waals surface area contributed by atoms with Crippen molar-refractivity contribution in [3.8, 4) is 33.4 Å². The molecule has 3 heterocycles. The monoisotopic (exact) mass is 843 g/mol. The predicted molar refractivity (Wildman–Crippen MR) is 274 cm³/mol. The van der Waals surface area contributed by atoms with Gasteiger partial charge in [-0.05, 0) is 123 Å². The fraction of sp³-hybridized carbons (Fsp3) is 0. The summed E-state index contributed by atoms with van der Waals surface area (Å²) in [5, 5.41) is 11.3. The highest BCUT2D eigenvalue weighted by Crippen LogP contribution is 2.44. The lowest BCUT2D eigenvalue weighted by Crippen LogP contribution is -2.09. The first-order valence-corrected chi connectivity index (χ1v) is 22.4. The Morgan fingerprint density at radius 3 is 1.23 bits per heavy atom. The van der Waals surface area contributed by atoms with E-state index in [9.17, 15) is 0 Å². The zero-order valence-corrected chi connectivity index (χ0v) is 35.5. The molecule has 0 saturated heterocycles. The second-order valence-corrected chi connectivity index (χ2v) is 17.2. The summed E-state index contributed by atoms with van der Waals surface area (Å²) in [6.07, 6.45) is 0. The van der Waals surface area contributed by atoms with E-state index in [0.29, 0.717) is 0 Å². The predicted octanol–water partition coefficient (Wildman–Crippen LogP) is 18.2. The van der Waals surface area contributed by atoms with E-state index < -0.39 is 0 Å². The summed E-state index contributed by atoms with van der Waals surface area (Å²) in [7, 11) is 0. The highest BCUT2D eigenvalue weighted by molar-refractivity contribution is 6.20. The molecule has 0 amide bonds. The van der Waals surface area contributed by atoms with E-state index in [2.05, 4.69) is 217 Å². The van der Waals surface area contributed by atoms with Gasteiger partial charge < -0.3 is 18.2 Å². The van der Waals surface area contributed by atoms with Crippen LogP contribution in [0.15, 0.2) is 238 Å². The van der Waals surface area contributed by atoms with Crippen LogP contribution in [0.5, 0.6) is 0 Å². The smallest absolute Gasteiger partial charge is 0.143 e. The third kappa shape index (κ3) is 5.65. The van der Waals surface area contributed by atoms with Gasteiger partial charge in [0.15, 0.2) is 0 Å². The van der Waals surface area contributed by atoms with Gasteiger partial charge >= 0.3 is 0 Å². The van der Waals surface area contributed by atoms with E-state index in [0.717, 1.165) is 127 Å². The van der Waals surface area contributed by atoms with E-state index in [-0.39, 0.29) is 0 Å². The van der Waals surface area contributed by atoms with Crippen LogP contribution in [0.2, 0.25) is 0 Å². The molecule has 0 unspecified atom stereocenters. The van der Waals surface area contributed by atoms with Crippen LogP contribution in [-0.2, 0) is 0 Å². The topological polar surface area (TPSA) is 42.7 Å². The van der Waals surface area contributed by atoms with E-state index in [1.165, 1.54) is 10.8 Å². The molecule has 0 saturated carbocycles. The molecule has 0 fully saturated rings. The molecule has 3 aromatic heterocycles. The lowest BCUT2D eigenvalue weighted by molar-refractivity contribution is 0.669. The molecule has 0 aliphatic carbocycles. The van der Waals surface area contributed by atoms with Gasteiger partial charge in [0.25, 0.3) is 0 Å². The van der Waals surface area contributed by atoms with Gasteiger partial charge in [0.1, 0.15) is 33.5 Å². The van der Waals surface area contributed by atoms with Gasteiger partial charge in [-0.15, -0.1) is 0 Å². The Hall–Kier alpha value is -8.86. The summed E-state index contributed by atoms with van der Waals surface area (Å²) in [6, 6.07) is 79.8. The number of hydrogen-bond acceptors (Lipinski definition) is 4. The number of rotatable bonds is 6. The van der Waals surface area contributed by atoms with Gasteiger partial charge in [0.2, 0.25) is 0 Å². The van der Waals surface area contributed by atoms with Gasteiger partial charge in [0.05, 0.1) is 0 Å². The van der Waals surface area contributed by atoms with E-state index >= 15 is 0 Å². The first-order valence-electron chi connectivity index (χ1n) is 22.4. The molecule has 0 bridgehead atoms. The maximum Gasteiger partial charge on any atom is 0.143 e. The molecular formula is C62H37NO3. The Kier molecular flexibility index (Phi) is 7.95. The van der Waals surface area contributed by atoms with Crippen LogP contribution in [-0.4, -0.2) is 0 Å². The zero-order chi connectivity index (χ0) is 43.3. The number of benzene rings is 11. The summed E-state index contributed by atoms with van der Waals surface area (Å²) in [6.45, 7) is 0. The molecule has 0 spiro atoms. The van der Waals surface area contributed by atoms with Crippen molar-refractivity contribution in [3.05, 3.63) is 224 Å². The maximum atomic E-state index is 6.56. The fourth-order valence-corrected chi connectivity index (χ4v) is 10.3. The van der Waals surface area contributed by atoms with Crippen LogP contribution in [0.25, 0.3) is 121 Å². The molecule has 0 aliphatic heterocycles. The third-order valence-corrected chi connectivity index (χ3v) is 13.5. The van der Waals surface area contributed by atoms with Crippen molar-refractivity contribution < 1.29 is 13.3 Å². The molecule has 0 radical (unpaired) electrons. The number of fused-ring (bicyclic) bond motifs is 13. The Labute approximate surface area is 378 Å². The van der Waals surface area contributed by atoms with Gasteiger partial charge in [-0.25, -0.2) is 0 Å². The van der Waals surface area contributed by atoms with Crippen molar-refractivity contribution in [1.29, 1.82) is 0 Å². The molecule has 11 aromatic carbocycles. The summed E-state index contributed by atoms with van der Waals surface area (Å²) in [4.78, 5) is 2.33. The summed E-state index contributed by atoms with van der Waals surface area (Å²) in [5.74, 6) is 0. The van der Waals surface area contributed by atoms with Crippen LogP contribution in [0, 0.1) is 0 Å². The highest BCUT2D eigenvalue weighted by atomic mass is 16.3. The maximum absolute atomic E-state index is 6.56. The lowest BCUT2D eigenvalue weighted by atomic mass is 9.97. The zero-order valence-electron chi connectivity index (χ0n) is 35.5. The summed E-state index contributed by atoms with van der Waals surface area (Å²) >= 11 is 0. The van der Waals surface area contributed by atoms with Crippen LogP contribution >= 0.6 is 0 Å². The molecule has 66 heavy (non-hydrogen) atoms. The van der Waals surface area contributed by atoms with Crippen molar-refractivity contribution in [2.45, 2.75) is 0 Å². The molecule has 14 rings (SSSR count). The van der Waals surface area contributed by atoms with Gasteiger partial charge in [-0.2, -0.15) is 0 Å². The standard InChI is InChI=1S/C62H37NO3/c1-3-11-49-39(9-1)25-35-53-59-47(14-7-17-56(59)65-61(49)53)41-21-30-45(31-22-41)63(44-28-19-38(20-29-44)43-27-34-52-51-13-5-6-16-55(51)64-58(52)37-43)46-32-23-42(24-33-46)48-15-8-18-57-60(48)54-36-26-40-10-2-4-12-50(40)62(54)66-57/h1-37H. The van der Waals surface area contributed by atoms with Crippen LogP contribution in [0.1, 0.15) is 0 Å². The van der Waals surface area contributed by atoms with Crippen molar-refractivity contribution >= 4 is 104 Å². The minimum absolute atomic E-state index is 0.886. The Balaban J connectivity index is 0.872. The average molecular weight is 844 g/mol. The number of para-hydroxylation sites is 1. The second-order valence-electron chi connectivity index (χ2n) is 17.2. The quantitative estimate of drug-likeness (QED) is 0.167. The summed E-state index contributed by atoms with van der Waals surface area (Å²) in [5.41, 5.74) is 15.3. The first kappa shape index (κ1) is 36.6. The normalized spacial score (nSPS) is 11.9. The van der Waals surface area contributed by atoms with Crippen LogP contribution in [0.4, 0.5) is 17.1 Å². The number of hydrogen-bond donors (Lipinski definition) is 0. The number of furan rings is 3. The molecule has 0 aliphatic rings. The number of nitrogens with zero attached hydrogens (tertiary/aromatic N) is 1. The van der Waals surface area contributed by atoms with Crippen molar-refractivity contribution in [1.82, 2.24) is 0 Å². The molecular weight excluding hydrogens is 807 g/mol. The second kappa shape index (κ2) is 14.3. The van der Waals surface area contributed by atoms with Gasteiger partial charge in [0, 0.05) is 60.2 Å². The molecule has 4 nitrogen and oxygen atoms in total. The molecule has 0 N–H and O–H groups in total. The lowest BCUT2D eigenvalue weighted by Gasteiger charge is -2.26. The van der Waals surface area contributed by atoms with Crippen molar-refractivity contribution in [2.24, 2.45) is 0 Å². The number of anilines is 3. The minimum atomic E-state index is 0.886. The van der Waals surface area contributed by atoms with E-state index in [4.69, 9.17) is 13.3 Å². The average Bonchev–Trinajstić information content (AvgIpc) is 4.09. The van der Waals surface area contributed by atoms with E-state index in [1.54, 1.807) is 0 Å². The Bertz CT molecular complexity index is 4010. The SMILES string of the molecule is c1ccc2c(c1)ccc1c2oc2cccc(-c3ccc(N(c4ccc(-c5ccc6c(c5)oc5ccccc56)cc4)c4ccc(-c5cccc6oc7c8ccccc8ccc7c56)cc4)cc3)c21. The van der Waals surface area contributed by atoms with Crippen molar-refractivity contribution in [2.75, 3.05) is 4.90 Å². The molecule has 0 atom stereocenters.